The Morgan fingerprint density at radius 1 is 1.32 bits per heavy atom. The summed E-state index contributed by atoms with van der Waals surface area (Å²) in [5, 5.41) is 0. The molecule has 2 fully saturated rings. The first-order valence-electron chi connectivity index (χ1n) is 8.03. The van der Waals surface area contributed by atoms with Gasteiger partial charge in [0.05, 0.1) is 6.10 Å². The molecule has 0 bridgehead atoms. The average Bonchev–Trinajstić information content (AvgIpc) is 2.98. The van der Waals surface area contributed by atoms with E-state index in [4.69, 9.17) is 10.5 Å². The third-order valence-corrected chi connectivity index (χ3v) is 5.11. The van der Waals surface area contributed by atoms with Crippen molar-refractivity contribution < 1.29 is 4.74 Å². The molecule has 0 aromatic rings. The first kappa shape index (κ1) is 15.2. The normalized spacial score (nSPS) is 28.1. The average molecular weight is 269 g/mol. The summed E-state index contributed by atoms with van der Waals surface area (Å²) in [5.74, 6) is 0. The molecule has 1 unspecified atom stereocenters. The Kier molecular flexibility index (Phi) is 5.63. The van der Waals surface area contributed by atoms with E-state index in [1.54, 1.807) is 0 Å². The summed E-state index contributed by atoms with van der Waals surface area (Å²) in [5.41, 5.74) is 6.39. The third kappa shape index (κ3) is 3.48. The van der Waals surface area contributed by atoms with Gasteiger partial charge in [-0.05, 0) is 51.9 Å². The van der Waals surface area contributed by atoms with Crippen LogP contribution in [0.3, 0.4) is 0 Å². The Morgan fingerprint density at radius 2 is 2.05 bits per heavy atom. The fourth-order valence-corrected chi connectivity index (χ4v) is 3.63. The van der Waals surface area contributed by atoms with E-state index in [-0.39, 0.29) is 5.54 Å². The molecular weight excluding hydrogens is 238 g/mol. The number of likely N-dealkylation sites (tertiary alicyclic amines) is 1. The van der Waals surface area contributed by atoms with Crippen LogP contribution in [0.2, 0.25) is 0 Å². The van der Waals surface area contributed by atoms with Gasteiger partial charge in [-0.3, -0.25) is 4.90 Å². The largest absolute Gasteiger partial charge is 0.377 e. The highest BCUT2D eigenvalue weighted by Gasteiger charge is 2.38. The molecule has 2 N–H and O–H groups in total. The number of nitrogens with two attached hydrogens (primary N) is 1. The van der Waals surface area contributed by atoms with Gasteiger partial charge in [-0.15, -0.1) is 0 Å². The van der Waals surface area contributed by atoms with Crippen LogP contribution in [0.5, 0.6) is 0 Å². The Balaban J connectivity index is 1.96. The molecule has 4 heteroatoms. The SMILES string of the molecule is CCN1CCC(CN)(N(CC)CC2CCCO2)CC1. The maximum absolute atomic E-state index is 6.17. The van der Waals surface area contributed by atoms with Crippen LogP contribution in [-0.2, 0) is 4.74 Å². The molecule has 2 rings (SSSR count). The molecule has 112 valence electrons. The zero-order valence-corrected chi connectivity index (χ0v) is 12.7. The van der Waals surface area contributed by atoms with Gasteiger partial charge in [0.25, 0.3) is 0 Å². The standard InChI is InChI=1S/C15H31N3O/c1-3-17-9-7-15(13-16,8-10-17)18(4-2)12-14-6-5-11-19-14/h14H,3-13,16H2,1-2H3. The minimum atomic E-state index is 0.215. The van der Waals surface area contributed by atoms with Crippen LogP contribution in [-0.4, -0.2) is 67.3 Å². The summed E-state index contributed by atoms with van der Waals surface area (Å²) < 4.78 is 5.81. The molecule has 0 spiro atoms. The second-order valence-electron chi connectivity index (χ2n) is 6.04. The van der Waals surface area contributed by atoms with Gasteiger partial charge in [0.2, 0.25) is 0 Å². The fourth-order valence-electron chi connectivity index (χ4n) is 3.63. The molecule has 2 aliphatic heterocycles. The molecule has 0 saturated carbocycles. The number of nitrogens with zero attached hydrogens (tertiary/aromatic N) is 2. The van der Waals surface area contributed by atoms with Crippen LogP contribution in [0.25, 0.3) is 0 Å². The Hall–Kier alpha value is -0.160. The fraction of sp³-hybridized carbons (Fsp3) is 1.00. The zero-order valence-electron chi connectivity index (χ0n) is 12.7. The van der Waals surface area contributed by atoms with Crippen molar-refractivity contribution in [3.8, 4) is 0 Å². The highest BCUT2D eigenvalue weighted by atomic mass is 16.5. The maximum Gasteiger partial charge on any atom is 0.0703 e. The lowest BCUT2D eigenvalue weighted by molar-refractivity contribution is -0.00735. The summed E-state index contributed by atoms with van der Waals surface area (Å²) in [6.07, 6.45) is 5.29. The van der Waals surface area contributed by atoms with Crippen LogP contribution >= 0.6 is 0 Å². The summed E-state index contributed by atoms with van der Waals surface area (Å²) in [6.45, 7) is 11.9. The minimum absolute atomic E-state index is 0.215. The van der Waals surface area contributed by atoms with Gasteiger partial charge in [-0.25, -0.2) is 0 Å². The highest BCUT2D eigenvalue weighted by Crippen LogP contribution is 2.29. The van der Waals surface area contributed by atoms with Gasteiger partial charge in [0, 0.05) is 25.2 Å². The van der Waals surface area contributed by atoms with Crippen molar-refractivity contribution in [1.29, 1.82) is 0 Å². The number of ether oxygens (including phenoxy) is 1. The first-order chi connectivity index (χ1) is 9.24. The lowest BCUT2D eigenvalue weighted by Gasteiger charge is -2.48. The summed E-state index contributed by atoms with van der Waals surface area (Å²) >= 11 is 0. The molecule has 0 amide bonds. The molecule has 0 radical (unpaired) electrons. The predicted molar refractivity (Wildman–Crippen MR) is 79.4 cm³/mol. The Morgan fingerprint density at radius 3 is 2.53 bits per heavy atom. The molecule has 19 heavy (non-hydrogen) atoms. The number of hydrogen-bond donors (Lipinski definition) is 1. The van der Waals surface area contributed by atoms with E-state index in [0.717, 1.165) is 26.2 Å². The van der Waals surface area contributed by atoms with Crippen molar-refractivity contribution >= 4 is 0 Å². The van der Waals surface area contributed by atoms with Crippen LogP contribution in [0, 0.1) is 0 Å². The third-order valence-electron chi connectivity index (χ3n) is 5.11. The lowest BCUT2D eigenvalue weighted by atomic mass is 9.85. The van der Waals surface area contributed by atoms with Crippen LogP contribution in [0.1, 0.15) is 39.5 Å². The topological polar surface area (TPSA) is 41.7 Å². The van der Waals surface area contributed by atoms with E-state index in [1.165, 1.54) is 45.3 Å². The Labute approximate surface area is 118 Å². The van der Waals surface area contributed by atoms with Gasteiger partial charge >= 0.3 is 0 Å². The van der Waals surface area contributed by atoms with Crippen LogP contribution in [0.15, 0.2) is 0 Å². The van der Waals surface area contributed by atoms with Crippen molar-refractivity contribution in [3.05, 3.63) is 0 Å². The van der Waals surface area contributed by atoms with Crippen molar-refractivity contribution in [1.82, 2.24) is 9.80 Å². The van der Waals surface area contributed by atoms with Gasteiger partial charge in [0.15, 0.2) is 0 Å². The number of piperidine rings is 1. The molecule has 2 aliphatic rings. The minimum Gasteiger partial charge on any atom is -0.377 e. The van der Waals surface area contributed by atoms with Crippen LogP contribution < -0.4 is 5.73 Å². The van der Waals surface area contributed by atoms with E-state index >= 15 is 0 Å². The lowest BCUT2D eigenvalue weighted by Crippen LogP contribution is -2.60. The molecular formula is C15H31N3O. The van der Waals surface area contributed by atoms with Crippen LogP contribution in [0.4, 0.5) is 0 Å². The molecule has 0 aromatic heterocycles. The quantitative estimate of drug-likeness (QED) is 0.789. The highest BCUT2D eigenvalue weighted by molar-refractivity contribution is 4.96. The molecule has 1 atom stereocenters. The van der Waals surface area contributed by atoms with Crippen molar-refractivity contribution in [2.24, 2.45) is 5.73 Å². The summed E-state index contributed by atoms with van der Waals surface area (Å²) in [4.78, 5) is 5.14. The zero-order chi connectivity index (χ0) is 13.7. The van der Waals surface area contributed by atoms with Gasteiger partial charge in [-0.1, -0.05) is 13.8 Å². The molecule has 4 nitrogen and oxygen atoms in total. The van der Waals surface area contributed by atoms with E-state index in [9.17, 15) is 0 Å². The second-order valence-corrected chi connectivity index (χ2v) is 6.04. The first-order valence-corrected chi connectivity index (χ1v) is 8.03. The number of hydrogen-bond acceptors (Lipinski definition) is 4. The van der Waals surface area contributed by atoms with E-state index in [1.807, 2.05) is 0 Å². The summed E-state index contributed by atoms with van der Waals surface area (Å²) in [7, 11) is 0. The summed E-state index contributed by atoms with van der Waals surface area (Å²) in [6, 6.07) is 0. The van der Waals surface area contributed by atoms with Gasteiger partial charge in [0.1, 0.15) is 0 Å². The molecule has 2 heterocycles. The van der Waals surface area contributed by atoms with Gasteiger partial charge < -0.3 is 15.4 Å². The Bertz CT molecular complexity index is 258. The monoisotopic (exact) mass is 269 g/mol. The van der Waals surface area contributed by atoms with E-state index < -0.39 is 0 Å². The van der Waals surface area contributed by atoms with Crippen molar-refractivity contribution in [3.63, 3.8) is 0 Å². The maximum atomic E-state index is 6.17. The second kappa shape index (κ2) is 7.02. The van der Waals surface area contributed by atoms with Crippen molar-refractivity contribution in [2.45, 2.75) is 51.2 Å². The van der Waals surface area contributed by atoms with Crippen molar-refractivity contribution in [2.75, 3.05) is 45.9 Å². The van der Waals surface area contributed by atoms with E-state index in [2.05, 4.69) is 23.6 Å². The van der Waals surface area contributed by atoms with Gasteiger partial charge in [-0.2, -0.15) is 0 Å². The molecule has 0 aliphatic carbocycles. The number of likely N-dealkylation sites (N-methyl/N-ethyl adjacent to an activating group) is 1. The smallest absolute Gasteiger partial charge is 0.0703 e. The molecule has 2 saturated heterocycles. The molecule has 0 aromatic carbocycles. The predicted octanol–water partition coefficient (Wildman–Crippen LogP) is 1.30. The number of rotatable bonds is 6. The van der Waals surface area contributed by atoms with E-state index in [0.29, 0.717) is 6.10 Å².